The van der Waals surface area contributed by atoms with Crippen LogP contribution in [0.25, 0.3) is 0 Å². The van der Waals surface area contributed by atoms with Crippen molar-refractivity contribution in [1.82, 2.24) is 9.80 Å². The minimum absolute atomic E-state index is 0.107. The molecule has 0 amide bonds. The number of piperidine rings is 1. The zero-order chi connectivity index (χ0) is 20.7. The van der Waals surface area contributed by atoms with E-state index in [4.69, 9.17) is 5.11 Å². The first-order valence-electron chi connectivity index (χ1n) is 10.5. The molecule has 5 nitrogen and oxygen atoms in total. The second kappa shape index (κ2) is 10.8. The van der Waals surface area contributed by atoms with Gasteiger partial charge in [0.1, 0.15) is 5.82 Å². The molecule has 1 atom stereocenters. The molecule has 0 saturated carbocycles. The van der Waals surface area contributed by atoms with E-state index in [1.807, 2.05) is 17.9 Å². The van der Waals surface area contributed by atoms with E-state index in [1.54, 1.807) is 12.1 Å². The number of hydrogen-bond donors (Lipinski definition) is 1. The van der Waals surface area contributed by atoms with E-state index in [-0.39, 0.29) is 12.4 Å². The summed E-state index contributed by atoms with van der Waals surface area (Å²) in [5.41, 5.74) is 2.13. The number of nitrogens with zero attached hydrogens (tertiary/aromatic N) is 3. The predicted molar refractivity (Wildman–Crippen MR) is 112 cm³/mol. The molecule has 0 spiro atoms. The SMILES string of the molecule is CCC(C)CN(C)c1ccc(F)cc1CN1CCC(N(CC)CC(=O)O)CC1. The highest BCUT2D eigenvalue weighted by Crippen LogP contribution is 2.26. The molecular formula is C22H36FN3O2. The Kier molecular flexibility index (Phi) is 8.70. The number of benzene rings is 1. The number of likely N-dealkylation sites (tertiary alicyclic amines) is 1. The van der Waals surface area contributed by atoms with E-state index in [0.29, 0.717) is 12.0 Å². The van der Waals surface area contributed by atoms with Gasteiger partial charge in [0.25, 0.3) is 0 Å². The molecule has 1 aromatic carbocycles. The predicted octanol–water partition coefficient (Wildman–Crippen LogP) is 3.68. The molecule has 158 valence electrons. The first-order chi connectivity index (χ1) is 13.3. The zero-order valence-corrected chi connectivity index (χ0v) is 17.8. The van der Waals surface area contributed by atoms with Gasteiger partial charge in [-0.15, -0.1) is 0 Å². The second-order valence-electron chi connectivity index (χ2n) is 8.13. The average Bonchev–Trinajstić information content (AvgIpc) is 2.66. The number of rotatable bonds is 10. The Labute approximate surface area is 169 Å². The molecule has 0 bridgehead atoms. The van der Waals surface area contributed by atoms with E-state index >= 15 is 0 Å². The van der Waals surface area contributed by atoms with Crippen LogP contribution in [0.15, 0.2) is 18.2 Å². The Morgan fingerprint density at radius 2 is 2.00 bits per heavy atom. The molecule has 2 rings (SSSR count). The van der Waals surface area contributed by atoms with Crippen molar-refractivity contribution >= 4 is 11.7 Å². The first kappa shape index (κ1) is 22.6. The molecule has 1 aliphatic rings. The van der Waals surface area contributed by atoms with E-state index in [9.17, 15) is 9.18 Å². The molecule has 1 aliphatic heterocycles. The van der Waals surface area contributed by atoms with Crippen LogP contribution in [0.2, 0.25) is 0 Å². The zero-order valence-electron chi connectivity index (χ0n) is 17.8. The summed E-state index contributed by atoms with van der Waals surface area (Å²) in [7, 11) is 2.08. The standard InChI is InChI=1S/C22H36FN3O2/c1-5-17(3)14-24(4)21-8-7-19(23)13-18(21)15-25-11-9-20(10-12-25)26(6-2)16-22(27)28/h7-8,13,17,20H,5-6,9-12,14-16H2,1-4H3,(H,27,28). The van der Waals surface area contributed by atoms with Crippen molar-refractivity contribution in [1.29, 1.82) is 0 Å². The van der Waals surface area contributed by atoms with Crippen molar-refractivity contribution in [2.45, 2.75) is 52.6 Å². The van der Waals surface area contributed by atoms with Crippen LogP contribution in [0.5, 0.6) is 0 Å². The molecule has 1 unspecified atom stereocenters. The Morgan fingerprint density at radius 3 is 2.57 bits per heavy atom. The molecule has 0 aliphatic carbocycles. The minimum Gasteiger partial charge on any atom is -0.480 e. The maximum absolute atomic E-state index is 13.9. The summed E-state index contributed by atoms with van der Waals surface area (Å²) in [5.74, 6) is -0.366. The minimum atomic E-state index is -0.766. The Hall–Kier alpha value is -1.66. The number of carboxylic acids is 1. The topological polar surface area (TPSA) is 47.0 Å². The molecule has 0 aromatic heterocycles. The van der Waals surface area contributed by atoms with Gasteiger partial charge < -0.3 is 10.0 Å². The Bertz CT molecular complexity index is 632. The first-order valence-corrected chi connectivity index (χ1v) is 10.5. The molecule has 1 fully saturated rings. The van der Waals surface area contributed by atoms with Crippen LogP contribution in [0.4, 0.5) is 10.1 Å². The normalized spacial score (nSPS) is 17.1. The van der Waals surface area contributed by atoms with Crippen LogP contribution < -0.4 is 4.90 Å². The van der Waals surface area contributed by atoms with Gasteiger partial charge >= 0.3 is 5.97 Å². The van der Waals surface area contributed by atoms with E-state index in [0.717, 1.165) is 63.2 Å². The van der Waals surface area contributed by atoms with Crippen LogP contribution in [0.3, 0.4) is 0 Å². The van der Waals surface area contributed by atoms with Crippen LogP contribution in [-0.4, -0.2) is 66.7 Å². The van der Waals surface area contributed by atoms with Crippen molar-refractivity contribution in [3.05, 3.63) is 29.6 Å². The third-order valence-electron chi connectivity index (χ3n) is 5.95. The summed E-state index contributed by atoms with van der Waals surface area (Å²) < 4.78 is 13.9. The quantitative estimate of drug-likeness (QED) is 0.657. The highest BCUT2D eigenvalue weighted by molar-refractivity contribution is 5.69. The molecule has 1 saturated heterocycles. The number of anilines is 1. The number of likely N-dealkylation sites (N-methyl/N-ethyl adjacent to an activating group) is 1. The number of hydrogen-bond acceptors (Lipinski definition) is 4. The van der Waals surface area contributed by atoms with Crippen LogP contribution in [-0.2, 0) is 11.3 Å². The molecule has 0 radical (unpaired) electrons. The van der Waals surface area contributed by atoms with Gasteiger partial charge in [0.2, 0.25) is 0 Å². The fourth-order valence-electron chi connectivity index (χ4n) is 4.10. The lowest BCUT2D eigenvalue weighted by Gasteiger charge is -2.38. The maximum atomic E-state index is 13.9. The van der Waals surface area contributed by atoms with Crippen LogP contribution in [0.1, 0.15) is 45.6 Å². The summed E-state index contributed by atoms with van der Waals surface area (Å²) in [6, 6.07) is 5.42. The average molecular weight is 394 g/mol. The van der Waals surface area contributed by atoms with Gasteiger partial charge in [0, 0.05) is 31.9 Å². The van der Waals surface area contributed by atoms with Gasteiger partial charge in [-0.1, -0.05) is 27.2 Å². The third kappa shape index (κ3) is 6.45. The van der Waals surface area contributed by atoms with E-state index in [1.165, 1.54) is 0 Å². The Balaban J connectivity index is 2.00. The number of carboxylic acid groups (broad SMARTS) is 1. The van der Waals surface area contributed by atoms with Gasteiger partial charge in [-0.2, -0.15) is 0 Å². The third-order valence-corrected chi connectivity index (χ3v) is 5.95. The lowest BCUT2D eigenvalue weighted by molar-refractivity contribution is -0.139. The molecule has 1 aromatic rings. The largest absolute Gasteiger partial charge is 0.480 e. The van der Waals surface area contributed by atoms with Gasteiger partial charge in [-0.05, 0) is 62.2 Å². The van der Waals surface area contributed by atoms with Crippen molar-refractivity contribution < 1.29 is 14.3 Å². The molecule has 1 heterocycles. The summed E-state index contributed by atoms with van der Waals surface area (Å²) in [4.78, 5) is 17.7. The monoisotopic (exact) mass is 393 g/mol. The van der Waals surface area contributed by atoms with Gasteiger partial charge in [0.05, 0.1) is 6.54 Å². The van der Waals surface area contributed by atoms with Gasteiger partial charge in [-0.25, -0.2) is 4.39 Å². The summed E-state index contributed by atoms with van der Waals surface area (Å²) >= 11 is 0. The van der Waals surface area contributed by atoms with Crippen LogP contribution in [0, 0.1) is 11.7 Å². The molecule has 1 N–H and O–H groups in total. The Morgan fingerprint density at radius 1 is 1.32 bits per heavy atom. The van der Waals surface area contributed by atoms with Crippen molar-refractivity contribution in [2.75, 3.05) is 44.7 Å². The second-order valence-corrected chi connectivity index (χ2v) is 8.13. The highest BCUT2D eigenvalue weighted by Gasteiger charge is 2.25. The fraction of sp³-hybridized carbons (Fsp3) is 0.682. The summed E-state index contributed by atoms with van der Waals surface area (Å²) in [6.07, 6.45) is 3.03. The number of carbonyl (C=O) groups is 1. The fourth-order valence-corrected chi connectivity index (χ4v) is 4.10. The van der Waals surface area contributed by atoms with Crippen molar-refractivity contribution in [3.63, 3.8) is 0 Å². The van der Waals surface area contributed by atoms with Gasteiger partial charge in [-0.3, -0.25) is 14.6 Å². The lowest BCUT2D eigenvalue weighted by atomic mass is 10.0. The van der Waals surface area contributed by atoms with E-state index in [2.05, 4.69) is 30.7 Å². The van der Waals surface area contributed by atoms with Gasteiger partial charge in [0.15, 0.2) is 0 Å². The smallest absolute Gasteiger partial charge is 0.317 e. The number of aliphatic carboxylic acids is 1. The highest BCUT2D eigenvalue weighted by atomic mass is 19.1. The van der Waals surface area contributed by atoms with Crippen LogP contribution >= 0.6 is 0 Å². The lowest BCUT2D eigenvalue weighted by Crippen LogP contribution is -2.46. The molecule has 28 heavy (non-hydrogen) atoms. The van der Waals surface area contributed by atoms with E-state index < -0.39 is 5.97 Å². The molecule has 6 heteroatoms. The maximum Gasteiger partial charge on any atom is 0.317 e. The summed E-state index contributed by atoms with van der Waals surface area (Å²) in [6.45, 7) is 10.8. The van der Waals surface area contributed by atoms with Crippen molar-refractivity contribution in [3.8, 4) is 0 Å². The molecular weight excluding hydrogens is 357 g/mol. The van der Waals surface area contributed by atoms with Crippen molar-refractivity contribution in [2.24, 2.45) is 5.92 Å². The number of halogens is 1. The summed E-state index contributed by atoms with van der Waals surface area (Å²) in [5, 5.41) is 9.09.